The standard InChI is InChI=1S/C12H22N2O3/c1-9(7-17-11-3-5-16-8-11)14-12(15)10-2-4-13-6-10/h9-11,13H,2-8H2,1H3,(H,14,15). The van der Waals surface area contributed by atoms with E-state index in [9.17, 15) is 4.79 Å². The fraction of sp³-hybridized carbons (Fsp3) is 0.917. The van der Waals surface area contributed by atoms with Crippen LogP contribution in [-0.2, 0) is 14.3 Å². The summed E-state index contributed by atoms with van der Waals surface area (Å²) in [4.78, 5) is 11.8. The second-order valence-electron chi connectivity index (χ2n) is 4.92. The van der Waals surface area contributed by atoms with Gasteiger partial charge in [0, 0.05) is 19.2 Å². The molecule has 0 radical (unpaired) electrons. The van der Waals surface area contributed by atoms with Crippen molar-refractivity contribution in [2.75, 3.05) is 32.9 Å². The molecule has 0 aromatic heterocycles. The lowest BCUT2D eigenvalue weighted by Crippen LogP contribution is -2.41. The van der Waals surface area contributed by atoms with Gasteiger partial charge in [0.05, 0.1) is 25.2 Å². The molecule has 5 nitrogen and oxygen atoms in total. The largest absolute Gasteiger partial charge is 0.379 e. The first kappa shape index (κ1) is 12.8. The highest BCUT2D eigenvalue weighted by molar-refractivity contribution is 5.79. The van der Waals surface area contributed by atoms with E-state index in [0.717, 1.165) is 32.5 Å². The Morgan fingerprint density at radius 1 is 1.59 bits per heavy atom. The van der Waals surface area contributed by atoms with E-state index in [1.165, 1.54) is 0 Å². The summed E-state index contributed by atoms with van der Waals surface area (Å²) in [7, 11) is 0. The maximum Gasteiger partial charge on any atom is 0.224 e. The van der Waals surface area contributed by atoms with Gasteiger partial charge in [-0.2, -0.15) is 0 Å². The van der Waals surface area contributed by atoms with Gasteiger partial charge >= 0.3 is 0 Å². The highest BCUT2D eigenvalue weighted by Gasteiger charge is 2.24. The zero-order valence-corrected chi connectivity index (χ0v) is 10.4. The molecule has 0 bridgehead atoms. The van der Waals surface area contributed by atoms with Crippen molar-refractivity contribution < 1.29 is 14.3 Å². The molecule has 0 spiro atoms. The van der Waals surface area contributed by atoms with Crippen LogP contribution in [0.15, 0.2) is 0 Å². The Hall–Kier alpha value is -0.650. The van der Waals surface area contributed by atoms with Gasteiger partial charge in [0.25, 0.3) is 0 Å². The van der Waals surface area contributed by atoms with E-state index < -0.39 is 0 Å². The van der Waals surface area contributed by atoms with Gasteiger partial charge in [-0.3, -0.25) is 4.79 Å². The Bertz CT molecular complexity index is 248. The van der Waals surface area contributed by atoms with E-state index in [0.29, 0.717) is 13.2 Å². The Morgan fingerprint density at radius 2 is 2.47 bits per heavy atom. The summed E-state index contributed by atoms with van der Waals surface area (Å²) in [5.41, 5.74) is 0. The molecule has 2 heterocycles. The molecular formula is C12H22N2O3. The Labute approximate surface area is 102 Å². The SMILES string of the molecule is CC(COC1CCOC1)NC(=O)C1CCNC1. The normalized spacial score (nSPS) is 30.4. The van der Waals surface area contributed by atoms with Gasteiger partial charge in [0.15, 0.2) is 0 Å². The molecule has 0 aliphatic carbocycles. The third kappa shape index (κ3) is 3.94. The zero-order valence-electron chi connectivity index (χ0n) is 10.4. The maximum atomic E-state index is 11.8. The molecule has 2 saturated heterocycles. The molecule has 0 aromatic carbocycles. The van der Waals surface area contributed by atoms with Gasteiger partial charge in [-0.05, 0) is 26.3 Å². The number of carbonyl (C=O) groups is 1. The molecule has 3 unspecified atom stereocenters. The van der Waals surface area contributed by atoms with E-state index in [-0.39, 0.29) is 24.0 Å². The molecule has 2 fully saturated rings. The quantitative estimate of drug-likeness (QED) is 0.707. The first-order valence-corrected chi connectivity index (χ1v) is 6.46. The number of hydrogen-bond donors (Lipinski definition) is 2. The molecule has 1 amide bonds. The highest BCUT2D eigenvalue weighted by atomic mass is 16.5. The average molecular weight is 242 g/mol. The van der Waals surface area contributed by atoms with Crippen LogP contribution in [-0.4, -0.2) is 51.0 Å². The van der Waals surface area contributed by atoms with E-state index in [1.807, 2.05) is 6.92 Å². The summed E-state index contributed by atoms with van der Waals surface area (Å²) < 4.78 is 10.9. The highest BCUT2D eigenvalue weighted by Crippen LogP contribution is 2.10. The minimum Gasteiger partial charge on any atom is -0.379 e. The predicted octanol–water partition coefficient (Wildman–Crippen LogP) is -0.0939. The van der Waals surface area contributed by atoms with E-state index in [1.54, 1.807) is 0 Å². The molecule has 2 aliphatic rings. The fourth-order valence-electron chi connectivity index (χ4n) is 2.21. The number of hydrogen-bond acceptors (Lipinski definition) is 4. The van der Waals surface area contributed by atoms with Crippen LogP contribution in [0.2, 0.25) is 0 Å². The maximum absolute atomic E-state index is 11.8. The van der Waals surface area contributed by atoms with E-state index in [2.05, 4.69) is 10.6 Å². The van der Waals surface area contributed by atoms with Crippen LogP contribution in [0, 0.1) is 5.92 Å². The third-order valence-corrected chi connectivity index (χ3v) is 3.29. The first-order valence-electron chi connectivity index (χ1n) is 6.46. The van der Waals surface area contributed by atoms with Crippen molar-refractivity contribution in [3.05, 3.63) is 0 Å². The van der Waals surface area contributed by atoms with E-state index >= 15 is 0 Å². The van der Waals surface area contributed by atoms with Gasteiger partial charge in [-0.1, -0.05) is 0 Å². The number of nitrogens with one attached hydrogen (secondary N) is 2. The summed E-state index contributed by atoms with van der Waals surface area (Å²) in [5.74, 6) is 0.279. The monoisotopic (exact) mass is 242 g/mol. The molecular weight excluding hydrogens is 220 g/mol. The number of amides is 1. The second-order valence-corrected chi connectivity index (χ2v) is 4.92. The minimum absolute atomic E-state index is 0.0729. The van der Waals surface area contributed by atoms with Crippen molar-refractivity contribution in [3.63, 3.8) is 0 Å². The number of ether oxygens (including phenoxy) is 2. The molecule has 0 saturated carbocycles. The van der Waals surface area contributed by atoms with Gasteiger partial charge in [0.2, 0.25) is 5.91 Å². The van der Waals surface area contributed by atoms with E-state index in [4.69, 9.17) is 9.47 Å². The van der Waals surface area contributed by atoms with Crippen molar-refractivity contribution in [1.82, 2.24) is 10.6 Å². The molecule has 3 atom stereocenters. The lowest BCUT2D eigenvalue weighted by molar-refractivity contribution is -0.125. The molecule has 17 heavy (non-hydrogen) atoms. The fourth-order valence-corrected chi connectivity index (χ4v) is 2.21. The van der Waals surface area contributed by atoms with Crippen molar-refractivity contribution in [2.45, 2.75) is 31.9 Å². The summed E-state index contributed by atoms with van der Waals surface area (Å²) in [5, 5.41) is 6.20. The van der Waals surface area contributed by atoms with Gasteiger partial charge in [0.1, 0.15) is 0 Å². The summed E-state index contributed by atoms with van der Waals surface area (Å²) in [6.45, 7) is 5.78. The lowest BCUT2D eigenvalue weighted by atomic mass is 10.1. The summed E-state index contributed by atoms with van der Waals surface area (Å²) in [6, 6.07) is 0.0729. The summed E-state index contributed by atoms with van der Waals surface area (Å²) >= 11 is 0. The average Bonchev–Trinajstić information content (AvgIpc) is 2.99. The zero-order chi connectivity index (χ0) is 12.1. The van der Waals surface area contributed by atoms with Crippen LogP contribution >= 0.6 is 0 Å². The summed E-state index contributed by atoms with van der Waals surface area (Å²) in [6.07, 6.45) is 2.12. The Balaban J connectivity index is 1.62. The molecule has 2 aliphatic heterocycles. The third-order valence-electron chi connectivity index (χ3n) is 3.29. The van der Waals surface area contributed by atoms with Crippen molar-refractivity contribution in [1.29, 1.82) is 0 Å². The van der Waals surface area contributed by atoms with Crippen LogP contribution in [0.1, 0.15) is 19.8 Å². The van der Waals surface area contributed by atoms with Gasteiger partial charge in [-0.25, -0.2) is 0 Å². The second kappa shape index (κ2) is 6.33. The van der Waals surface area contributed by atoms with Crippen LogP contribution in [0.25, 0.3) is 0 Å². The van der Waals surface area contributed by atoms with Crippen LogP contribution < -0.4 is 10.6 Å². The molecule has 5 heteroatoms. The molecule has 2 N–H and O–H groups in total. The Morgan fingerprint density at radius 3 is 3.12 bits per heavy atom. The number of carbonyl (C=O) groups excluding carboxylic acids is 1. The van der Waals surface area contributed by atoms with Crippen molar-refractivity contribution in [3.8, 4) is 0 Å². The smallest absolute Gasteiger partial charge is 0.224 e. The van der Waals surface area contributed by atoms with Gasteiger partial charge < -0.3 is 20.1 Å². The predicted molar refractivity (Wildman–Crippen MR) is 63.8 cm³/mol. The molecule has 2 rings (SSSR count). The van der Waals surface area contributed by atoms with Crippen LogP contribution in [0.5, 0.6) is 0 Å². The lowest BCUT2D eigenvalue weighted by Gasteiger charge is -2.18. The van der Waals surface area contributed by atoms with Crippen molar-refractivity contribution in [2.24, 2.45) is 5.92 Å². The number of rotatable bonds is 5. The van der Waals surface area contributed by atoms with Gasteiger partial charge in [-0.15, -0.1) is 0 Å². The minimum atomic E-state index is 0.0729. The van der Waals surface area contributed by atoms with Crippen LogP contribution in [0.4, 0.5) is 0 Å². The topological polar surface area (TPSA) is 59.6 Å². The first-order chi connectivity index (χ1) is 8.25. The molecule has 98 valence electrons. The van der Waals surface area contributed by atoms with Crippen LogP contribution in [0.3, 0.4) is 0 Å². The Kier molecular flexibility index (Phi) is 4.76. The van der Waals surface area contributed by atoms with Crippen molar-refractivity contribution >= 4 is 5.91 Å². The molecule has 0 aromatic rings.